The average molecular weight is 513 g/mol. The van der Waals surface area contributed by atoms with Gasteiger partial charge in [-0.05, 0) is 85.7 Å². The van der Waals surface area contributed by atoms with Crippen LogP contribution in [0.1, 0.15) is 65.7 Å². The quantitative estimate of drug-likeness (QED) is 0.115. The Morgan fingerprint density at radius 1 is 1.11 bits per heavy atom. The first-order valence-electron chi connectivity index (χ1n) is 13.5. The summed E-state index contributed by atoms with van der Waals surface area (Å²) in [5, 5.41) is 0.122. The Balaban J connectivity index is 1.66. The fourth-order valence-corrected chi connectivity index (χ4v) is 8.27. The van der Waals surface area contributed by atoms with Gasteiger partial charge in [0.05, 0.1) is 19.5 Å². The number of ether oxygens (including phenoxy) is 2. The molecule has 2 fully saturated rings. The van der Waals surface area contributed by atoms with E-state index in [0.29, 0.717) is 30.8 Å². The Kier molecular flexibility index (Phi) is 10.0. The molecule has 0 spiro atoms. The number of hydrogen-bond acceptors (Lipinski definition) is 5. The number of para-hydroxylation sites is 1. The van der Waals surface area contributed by atoms with E-state index in [0.717, 1.165) is 30.4 Å². The summed E-state index contributed by atoms with van der Waals surface area (Å²) in [6.07, 6.45) is 12.9. The average Bonchev–Trinajstić information content (AvgIpc) is 3.21. The van der Waals surface area contributed by atoms with Crippen molar-refractivity contribution in [2.24, 2.45) is 17.8 Å². The second-order valence-corrected chi connectivity index (χ2v) is 16.2. The van der Waals surface area contributed by atoms with Gasteiger partial charge in [0.25, 0.3) is 8.32 Å². The van der Waals surface area contributed by atoms with Crippen LogP contribution in [0.25, 0.3) is 0 Å². The minimum Gasteiger partial charge on any atom is -0.547 e. The highest BCUT2D eigenvalue weighted by molar-refractivity contribution is 6.75. The third-order valence-electron chi connectivity index (χ3n) is 8.23. The van der Waals surface area contributed by atoms with Gasteiger partial charge in [-0.25, -0.2) is 4.79 Å². The molecule has 1 saturated heterocycles. The Labute approximate surface area is 218 Å². The Morgan fingerprint density at radius 3 is 2.56 bits per heavy atom. The van der Waals surface area contributed by atoms with Crippen LogP contribution in [0, 0.1) is 17.8 Å². The van der Waals surface area contributed by atoms with Gasteiger partial charge >= 0.3 is 5.97 Å². The smallest absolute Gasteiger partial charge is 0.374 e. The lowest BCUT2D eigenvalue weighted by Gasteiger charge is -2.44. The lowest BCUT2D eigenvalue weighted by atomic mass is 9.84. The van der Waals surface area contributed by atoms with Crippen molar-refractivity contribution in [1.82, 2.24) is 0 Å². The third kappa shape index (κ3) is 7.58. The second-order valence-electron chi connectivity index (χ2n) is 11.5. The fraction of sp³-hybridized carbons (Fsp3) is 0.600. The molecule has 1 aliphatic heterocycles. The number of esters is 1. The zero-order valence-electron chi connectivity index (χ0n) is 22.8. The van der Waals surface area contributed by atoms with Crippen molar-refractivity contribution in [2.45, 2.75) is 83.3 Å². The van der Waals surface area contributed by atoms with Crippen LogP contribution in [0.15, 0.2) is 54.3 Å². The van der Waals surface area contributed by atoms with E-state index < -0.39 is 20.1 Å². The van der Waals surface area contributed by atoms with Gasteiger partial charge in [-0.3, -0.25) is 4.79 Å². The molecule has 1 saturated carbocycles. The molecule has 4 atom stereocenters. The van der Waals surface area contributed by atoms with Crippen molar-refractivity contribution in [3.63, 3.8) is 0 Å². The number of rotatable bonds is 9. The van der Waals surface area contributed by atoms with Gasteiger partial charge in [0, 0.05) is 12.8 Å². The van der Waals surface area contributed by atoms with E-state index in [2.05, 4.69) is 50.3 Å². The summed E-state index contributed by atoms with van der Waals surface area (Å²) in [4.78, 5) is 23.5. The maximum absolute atomic E-state index is 12.0. The van der Waals surface area contributed by atoms with Gasteiger partial charge in [0.2, 0.25) is 5.78 Å². The topological polar surface area (TPSA) is 61.8 Å². The van der Waals surface area contributed by atoms with Crippen molar-refractivity contribution >= 4 is 20.1 Å². The predicted molar refractivity (Wildman–Crippen MR) is 146 cm³/mol. The molecule has 1 unspecified atom stereocenters. The van der Waals surface area contributed by atoms with Crippen LogP contribution >= 0.6 is 0 Å². The summed E-state index contributed by atoms with van der Waals surface area (Å²) in [6.45, 7) is 9.94. The first-order valence-corrected chi connectivity index (χ1v) is 16.1. The molecular formula is C30H44O5Si. The van der Waals surface area contributed by atoms with E-state index in [4.69, 9.17) is 9.16 Å². The predicted octanol–water partition coefficient (Wildman–Crippen LogP) is 7.25. The summed E-state index contributed by atoms with van der Waals surface area (Å²) in [5.74, 6) is 2.49. The molecule has 3 rings (SSSR count). The molecule has 0 aromatic heterocycles. The maximum Gasteiger partial charge on any atom is 0.374 e. The zero-order valence-corrected chi connectivity index (χ0v) is 23.8. The van der Waals surface area contributed by atoms with E-state index in [1.807, 2.05) is 30.3 Å². The molecule has 1 heterocycles. The van der Waals surface area contributed by atoms with E-state index in [1.165, 1.54) is 26.4 Å². The summed E-state index contributed by atoms with van der Waals surface area (Å²) in [5.41, 5.74) is 0. The van der Waals surface area contributed by atoms with Crippen molar-refractivity contribution in [1.29, 1.82) is 0 Å². The minimum atomic E-state index is -2.02. The standard InChI is InChI=1S/C30H44O5Si/c1-30(2,3)36(5)21-19-24-18-17-23(12-9-10-20-34-25-13-7-6-8-14-25)27(24)22-26(35-36)15-11-16-28(31)29(32)33-4/h6-9,12-15,23-24,27H,10-11,16-22H2,1-5H3/t23-,24-,27+,36?/m0/s1. The van der Waals surface area contributed by atoms with Crippen LogP contribution in [-0.4, -0.2) is 33.8 Å². The van der Waals surface area contributed by atoms with Crippen LogP contribution in [0.3, 0.4) is 0 Å². The summed E-state index contributed by atoms with van der Waals surface area (Å²) in [6, 6.07) is 11.1. The van der Waals surface area contributed by atoms with E-state index >= 15 is 0 Å². The summed E-state index contributed by atoms with van der Waals surface area (Å²) < 4.78 is 17.3. The molecule has 0 radical (unpaired) electrons. The van der Waals surface area contributed by atoms with Gasteiger partial charge in [-0.15, -0.1) is 0 Å². The highest BCUT2D eigenvalue weighted by atomic mass is 28.4. The maximum atomic E-state index is 12.0. The lowest BCUT2D eigenvalue weighted by Crippen LogP contribution is -2.45. The van der Waals surface area contributed by atoms with Crippen molar-refractivity contribution in [2.75, 3.05) is 13.7 Å². The second kappa shape index (κ2) is 12.8. The minimum absolute atomic E-state index is 0.122. The number of fused-ring (bicyclic) bond motifs is 1. The van der Waals surface area contributed by atoms with E-state index in [1.54, 1.807) is 0 Å². The SMILES string of the molecule is COC(=O)C(=O)CCC=C1C[C@H]2[C@@H](CC[C@@H]2C=CCCOc2ccccc2)CC[Si](C)(C(C)(C)C)O1. The molecule has 198 valence electrons. The molecule has 0 amide bonds. The van der Waals surface area contributed by atoms with E-state index in [9.17, 15) is 9.59 Å². The normalized spacial score (nSPS) is 27.7. The molecule has 0 N–H and O–H groups in total. The fourth-order valence-electron chi connectivity index (χ4n) is 5.44. The highest BCUT2D eigenvalue weighted by Crippen LogP contribution is 2.51. The molecular weight excluding hydrogens is 468 g/mol. The van der Waals surface area contributed by atoms with Crippen LogP contribution in [-0.2, 0) is 18.8 Å². The van der Waals surface area contributed by atoms with Gasteiger partial charge in [-0.1, -0.05) is 51.1 Å². The Hall–Kier alpha value is -2.34. The molecule has 2 aliphatic rings. The van der Waals surface area contributed by atoms with Gasteiger partial charge in [-0.2, -0.15) is 0 Å². The first-order chi connectivity index (χ1) is 17.1. The number of hydrogen-bond donors (Lipinski definition) is 0. The van der Waals surface area contributed by atoms with Crippen molar-refractivity contribution in [3.8, 4) is 5.75 Å². The van der Waals surface area contributed by atoms with Crippen molar-refractivity contribution in [3.05, 3.63) is 54.3 Å². The number of Topliss-reactive ketones (excluding diaryl/α,β-unsaturated/α-hetero) is 1. The van der Waals surface area contributed by atoms with Gasteiger partial charge in [0.1, 0.15) is 5.75 Å². The molecule has 5 nitrogen and oxygen atoms in total. The van der Waals surface area contributed by atoms with Crippen molar-refractivity contribution < 1.29 is 23.5 Å². The van der Waals surface area contributed by atoms with Crippen LogP contribution in [0.5, 0.6) is 5.75 Å². The summed E-state index contributed by atoms with van der Waals surface area (Å²) >= 11 is 0. The number of allylic oxidation sites excluding steroid dienone is 3. The van der Waals surface area contributed by atoms with Gasteiger partial charge < -0.3 is 13.9 Å². The van der Waals surface area contributed by atoms with Crippen LogP contribution in [0.2, 0.25) is 17.6 Å². The van der Waals surface area contributed by atoms with E-state index in [-0.39, 0.29) is 11.5 Å². The molecule has 1 aromatic carbocycles. The number of carbonyl (C=O) groups is 2. The first kappa shape index (κ1) is 28.2. The third-order valence-corrected chi connectivity index (χ3v) is 13.4. The number of ketones is 1. The zero-order chi connectivity index (χ0) is 26.2. The number of methoxy groups -OCH3 is 1. The lowest BCUT2D eigenvalue weighted by molar-refractivity contribution is -0.151. The largest absolute Gasteiger partial charge is 0.547 e. The number of carbonyl (C=O) groups excluding carboxylic acids is 2. The summed E-state index contributed by atoms with van der Waals surface area (Å²) in [7, 11) is -0.771. The van der Waals surface area contributed by atoms with Crippen LogP contribution in [0.4, 0.5) is 0 Å². The Morgan fingerprint density at radius 2 is 1.86 bits per heavy atom. The van der Waals surface area contributed by atoms with Crippen LogP contribution < -0.4 is 4.74 Å². The molecule has 36 heavy (non-hydrogen) atoms. The molecule has 0 bridgehead atoms. The monoisotopic (exact) mass is 512 g/mol. The number of benzene rings is 1. The Bertz CT molecular complexity index is 932. The molecule has 1 aliphatic carbocycles. The highest BCUT2D eigenvalue weighted by Gasteiger charge is 2.47. The molecule has 6 heteroatoms. The molecule has 1 aromatic rings. The van der Waals surface area contributed by atoms with Gasteiger partial charge in [0.15, 0.2) is 0 Å².